The molecule has 2 nitrogen and oxygen atoms in total. The predicted octanol–water partition coefficient (Wildman–Crippen LogP) is 7.23. The van der Waals surface area contributed by atoms with E-state index >= 15 is 0 Å². The minimum absolute atomic E-state index is 0. The van der Waals surface area contributed by atoms with Gasteiger partial charge in [-0.1, -0.05) is 39.8 Å². The van der Waals surface area contributed by atoms with Crippen molar-refractivity contribution in [2.24, 2.45) is 22.7 Å². The van der Waals surface area contributed by atoms with Gasteiger partial charge in [0.1, 0.15) is 0 Å². The number of rotatable bonds is 2. The third-order valence-electron chi connectivity index (χ3n) is 6.03. The molecule has 3 aliphatic rings. The number of nitrogens with zero attached hydrogens (tertiary/aromatic N) is 2. The molecule has 0 N–H and O–H groups in total. The molecule has 3 heteroatoms. The molecule has 4 radical (unpaired) electrons. The zero-order valence-corrected chi connectivity index (χ0v) is 20.3. The fourth-order valence-electron chi connectivity index (χ4n) is 3.85. The van der Waals surface area contributed by atoms with Crippen molar-refractivity contribution in [2.75, 3.05) is 0 Å². The minimum Gasteiger partial charge on any atom is -0.326 e. The van der Waals surface area contributed by atoms with Gasteiger partial charge in [0.2, 0.25) is 0 Å². The molecule has 0 saturated heterocycles. The van der Waals surface area contributed by atoms with Gasteiger partial charge in [-0.15, -0.1) is 0 Å². The largest absolute Gasteiger partial charge is 2.00 e. The van der Waals surface area contributed by atoms with Crippen molar-refractivity contribution in [3.63, 3.8) is 0 Å². The first-order valence-corrected chi connectivity index (χ1v) is 11.2. The maximum Gasteiger partial charge on any atom is 2.00 e. The van der Waals surface area contributed by atoms with E-state index in [4.69, 9.17) is 0 Å². The number of aromatic nitrogens is 2. The van der Waals surface area contributed by atoms with Crippen molar-refractivity contribution < 1.29 is 16.5 Å². The van der Waals surface area contributed by atoms with E-state index < -0.39 is 0 Å². The summed E-state index contributed by atoms with van der Waals surface area (Å²) < 4.78 is 0. The van der Waals surface area contributed by atoms with Gasteiger partial charge < -0.3 is 12.8 Å². The minimum atomic E-state index is 0. The standard InChI is InChI=1S/C10H8N2.C10H16.C8H12.Ni/c1-3-7-11-9(5-1)10-6-2-4-8-12-10;1-9(2)5-7(9)8-6-10(8,3)4;1-2-4-6-8-7-5-3-1;/h1-8H;5-8H,1-4H3;1-2,7-8H,3-6H2;/q;-2;;+2. The molecule has 0 bridgehead atoms. The topological polar surface area (TPSA) is 25.8 Å². The van der Waals surface area contributed by atoms with Crippen molar-refractivity contribution >= 4 is 0 Å². The van der Waals surface area contributed by atoms with Crippen LogP contribution in [0.1, 0.15) is 53.4 Å². The van der Waals surface area contributed by atoms with Crippen LogP contribution in [-0.2, 0) is 16.5 Å². The van der Waals surface area contributed by atoms with Crippen LogP contribution in [0.25, 0.3) is 11.4 Å². The van der Waals surface area contributed by atoms with Gasteiger partial charge in [0.15, 0.2) is 0 Å². The third-order valence-corrected chi connectivity index (χ3v) is 6.03. The van der Waals surface area contributed by atoms with Gasteiger partial charge >= 0.3 is 16.5 Å². The van der Waals surface area contributed by atoms with Gasteiger partial charge in [-0.25, -0.2) is 11.8 Å². The summed E-state index contributed by atoms with van der Waals surface area (Å²) in [6, 6.07) is 11.6. The SMILES string of the molecule is CC1(C)[CH-]C1C1[CH-]C1(C)C.[CH]1[CH]CC[CH][CH]CC1.[Ni+2].c1ccc(-c2ccccn2)nc1. The van der Waals surface area contributed by atoms with Gasteiger partial charge in [0.05, 0.1) is 11.4 Å². The summed E-state index contributed by atoms with van der Waals surface area (Å²) in [6.07, 6.45) is 22.5. The number of pyridine rings is 2. The summed E-state index contributed by atoms with van der Waals surface area (Å²) >= 11 is 0. The molecule has 2 aromatic heterocycles. The predicted molar refractivity (Wildman–Crippen MR) is 126 cm³/mol. The van der Waals surface area contributed by atoms with Gasteiger partial charge in [-0.3, -0.25) is 9.97 Å². The zero-order valence-electron chi connectivity index (χ0n) is 19.3. The Balaban J connectivity index is 0.000000166. The summed E-state index contributed by atoms with van der Waals surface area (Å²) in [6.45, 7) is 9.33. The van der Waals surface area contributed by atoms with Gasteiger partial charge in [0.25, 0.3) is 0 Å². The molecule has 0 aromatic carbocycles. The van der Waals surface area contributed by atoms with Gasteiger partial charge in [-0.05, 0) is 75.6 Å². The van der Waals surface area contributed by atoms with E-state index in [2.05, 4.69) is 76.2 Å². The van der Waals surface area contributed by atoms with Crippen molar-refractivity contribution in [3.8, 4) is 11.4 Å². The Morgan fingerprint density at radius 2 is 0.968 bits per heavy atom. The Hall–Kier alpha value is -1.21. The molecule has 31 heavy (non-hydrogen) atoms. The molecule has 2 heterocycles. The van der Waals surface area contributed by atoms with Gasteiger partial charge in [-0.2, -0.15) is 10.8 Å². The van der Waals surface area contributed by atoms with E-state index in [0.29, 0.717) is 10.8 Å². The quantitative estimate of drug-likeness (QED) is 0.350. The number of hydrogen-bond acceptors (Lipinski definition) is 2. The molecular weight excluding hydrogens is 423 g/mol. The zero-order chi connectivity index (χ0) is 21.5. The fraction of sp³-hybridized carbons (Fsp3) is 0.429. The Kier molecular flexibility index (Phi) is 10.2. The van der Waals surface area contributed by atoms with E-state index in [1.807, 2.05) is 36.4 Å². The van der Waals surface area contributed by atoms with Crippen LogP contribution in [0.4, 0.5) is 0 Å². The molecule has 0 amide bonds. The van der Waals surface area contributed by atoms with E-state index in [0.717, 1.165) is 23.2 Å². The Morgan fingerprint density at radius 1 is 0.645 bits per heavy atom. The van der Waals surface area contributed by atoms with Crippen LogP contribution in [0, 0.1) is 61.2 Å². The van der Waals surface area contributed by atoms with Crippen LogP contribution in [-0.4, -0.2) is 9.97 Å². The molecule has 0 spiro atoms. The molecule has 168 valence electrons. The van der Waals surface area contributed by atoms with Crippen LogP contribution in [0.5, 0.6) is 0 Å². The Morgan fingerprint density at radius 3 is 1.19 bits per heavy atom. The molecule has 0 aliphatic heterocycles. The second-order valence-corrected chi connectivity index (χ2v) is 9.56. The first-order valence-electron chi connectivity index (χ1n) is 11.2. The molecule has 3 fully saturated rings. The molecule has 3 aliphatic carbocycles. The Labute approximate surface area is 201 Å². The van der Waals surface area contributed by atoms with E-state index in [9.17, 15) is 0 Å². The molecular formula is C28H36N2Ni. The monoisotopic (exact) mass is 458 g/mol. The molecule has 2 aromatic rings. The molecule has 3 saturated carbocycles. The normalized spacial score (nSPS) is 25.0. The van der Waals surface area contributed by atoms with Crippen LogP contribution in [0.3, 0.4) is 0 Å². The van der Waals surface area contributed by atoms with Crippen molar-refractivity contribution in [1.29, 1.82) is 0 Å². The first-order chi connectivity index (χ1) is 14.4. The smallest absolute Gasteiger partial charge is 0.326 e. The van der Waals surface area contributed by atoms with Crippen LogP contribution < -0.4 is 0 Å². The molecule has 2 atom stereocenters. The second kappa shape index (κ2) is 12.1. The Bertz CT molecular complexity index is 661. The van der Waals surface area contributed by atoms with Crippen molar-refractivity contribution in [1.82, 2.24) is 9.97 Å². The summed E-state index contributed by atoms with van der Waals surface area (Å²) in [5.74, 6) is 1.78. The molecule has 5 rings (SSSR count). The number of hydrogen-bond donors (Lipinski definition) is 0. The van der Waals surface area contributed by atoms with Gasteiger partial charge in [0, 0.05) is 12.4 Å². The average molecular weight is 459 g/mol. The average Bonchev–Trinajstić information content (AvgIpc) is 3.56. The summed E-state index contributed by atoms with van der Waals surface area (Å²) in [7, 11) is 0. The summed E-state index contributed by atoms with van der Waals surface area (Å²) in [5, 5.41) is 0. The van der Waals surface area contributed by atoms with Crippen molar-refractivity contribution in [2.45, 2.75) is 53.4 Å². The van der Waals surface area contributed by atoms with E-state index in [1.54, 1.807) is 12.4 Å². The second-order valence-electron chi connectivity index (χ2n) is 9.56. The maximum absolute atomic E-state index is 4.19. The van der Waals surface area contributed by atoms with E-state index in [-0.39, 0.29) is 16.5 Å². The van der Waals surface area contributed by atoms with E-state index in [1.165, 1.54) is 25.7 Å². The fourth-order valence-corrected chi connectivity index (χ4v) is 3.85. The van der Waals surface area contributed by atoms with Crippen LogP contribution in [0.15, 0.2) is 48.8 Å². The van der Waals surface area contributed by atoms with Crippen LogP contribution in [0.2, 0.25) is 0 Å². The third kappa shape index (κ3) is 8.68. The maximum atomic E-state index is 4.19. The molecule has 2 unspecified atom stereocenters. The summed E-state index contributed by atoms with van der Waals surface area (Å²) in [4.78, 5) is 8.37. The van der Waals surface area contributed by atoms with Crippen molar-refractivity contribution in [3.05, 3.63) is 87.3 Å². The summed E-state index contributed by atoms with van der Waals surface area (Å²) in [5.41, 5.74) is 2.93. The first kappa shape index (κ1) is 26.0. The van der Waals surface area contributed by atoms with Crippen LogP contribution >= 0.6 is 0 Å².